The Bertz CT molecular complexity index is 1750. The number of nitrogens with zero attached hydrogens (tertiary/aromatic N) is 3. The van der Waals surface area contributed by atoms with E-state index in [1.807, 2.05) is 19.0 Å². The van der Waals surface area contributed by atoms with Gasteiger partial charge in [-0.3, -0.25) is 0 Å². The highest BCUT2D eigenvalue weighted by Gasteiger charge is 2.19. The maximum absolute atomic E-state index is 12.8. The average molecular weight is 489 g/mol. The van der Waals surface area contributed by atoms with Crippen LogP contribution in [-0.4, -0.2) is 32.5 Å². The van der Waals surface area contributed by atoms with Crippen LogP contribution in [-0.2, 0) is 10.1 Å². The minimum atomic E-state index is -4.07. The van der Waals surface area contributed by atoms with Crippen LogP contribution in [0.3, 0.4) is 0 Å². The van der Waals surface area contributed by atoms with Crippen molar-refractivity contribution in [3.05, 3.63) is 83.2 Å². The number of benzene rings is 3. The molecule has 0 aliphatic heterocycles. The fourth-order valence-corrected chi connectivity index (χ4v) is 4.60. The Hall–Kier alpha value is -4.44. The van der Waals surface area contributed by atoms with E-state index in [4.69, 9.17) is 14.3 Å². The maximum Gasteiger partial charge on any atom is 0.349 e. The summed E-state index contributed by atoms with van der Waals surface area (Å²) in [5.74, 6) is 0.257. The van der Waals surface area contributed by atoms with Gasteiger partial charge < -0.3 is 19.2 Å². The van der Waals surface area contributed by atoms with Gasteiger partial charge in [-0.25, -0.2) is 14.8 Å². The van der Waals surface area contributed by atoms with Crippen LogP contribution >= 0.6 is 0 Å². The van der Waals surface area contributed by atoms with E-state index in [0.29, 0.717) is 22.0 Å². The summed E-state index contributed by atoms with van der Waals surface area (Å²) in [4.78, 5) is 23.2. The highest BCUT2D eigenvalue weighted by atomic mass is 32.2. The maximum atomic E-state index is 12.8. The Labute approximate surface area is 200 Å². The molecule has 176 valence electrons. The highest BCUT2D eigenvalue weighted by molar-refractivity contribution is 7.87. The molecule has 0 atom stereocenters. The summed E-state index contributed by atoms with van der Waals surface area (Å²) in [6, 6.07) is 19.7. The second-order valence-electron chi connectivity index (χ2n) is 8.00. The molecule has 5 aromatic rings. The summed E-state index contributed by atoms with van der Waals surface area (Å²) in [5.41, 5.74) is 7.50. The van der Waals surface area contributed by atoms with Gasteiger partial charge in [-0.05, 0) is 48.5 Å². The second kappa shape index (κ2) is 8.41. The topological polar surface area (TPSA) is 129 Å². The van der Waals surface area contributed by atoms with Gasteiger partial charge in [-0.2, -0.15) is 8.42 Å². The molecule has 2 aromatic heterocycles. The fourth-order valence-electron chi connectivity index (χ4n) is 3.68. The summed E-state index contributed by atoms with van der Waals surface area (Å²) in [5, 5.41) is 0.692. The molecule has 10 heteroatoms. The molecule has 0 aliphatic rings. The van der Waals surface area contributed by atoms with Crippen LogP contribution in [0.2, 0.25) is 0 Å². The van der Waals surface area contributed by atoms with Crippen molar-refractivity contribution in [1.29, 1.82) is 0 Å². The van der Waals surface area contributed by atoms with Gasteiger partial charge in [0.05, 0.1) is 5.52 Å². The van der Waals surface area contributed by atoms with Crippen LogP contribution < -0.4 is 20.4 Å². The number of anilines is 2. The molecule has 0 fully saturated rings. The number of hydrogen-bond donors (Lipinski definition) is 1. The quantitative estimate of drug-likeness (QED) is 0.223. The molecule has 3 aromatic carbocycles. The first kappa shape index (κ1) is 22.4. The third-order valence-electron chi connectivity index (χ3n) is 5.43. The van der Waals surface area contributed by atoms with Crippen LogP contribution in [0.4, 0.5) is 11.5 Å². The smallest absolute Gasteiger partial charge is 0.349 e. The van der Waals surface area contributed by atoms with Gasteiger partial charge in [0.15, 0.2) is 5.82 Å². The van der Waals surface area contributed by atoms with Crippen LogP contribution in [0.1, 0.15) is 0 Å². The number of hydrogen-bond acceptors (Lipinski definition) is 9. The van der Waals surface area contributed by atoms with E-state index in [9.17, 15) is 13.2 Å². The molecule has 0 amide bonds. The minimum Gasteiger partial charge on any atom is -0.422 e. The van der Waals surface area contributed by atoms with Gasteiger partial charge in [0, 0.05) is 30.7 Å². The molecule has 2 N–H and O–H groups in total. The average Bonchev–Trinajstić information content (AvgIpc) is 2.83. The monoisotopic (exact) mass is 488 g/mol. The van der Waals surface area contributed by atoms with E-state index in [-0.39, 0.29) is 27.7 Å². The summed E-state index contributed by atoms with van der Waals surface area (Å²) in [6.45, 7) is 0. The zero-order valence-electron chi connectivity index (χ0n) is 18.8. The molecule has 9 nitrogen and oxygen atoms in total. The van der Waals surface area contributed by atoms with Gasteiger partial charge in [0.25, 0.3) is 0 Å². The number of para-hydroxylation sites is 1. The molecule has 0 spiro atoms. The molecule has 0 radical (unpaired) electrons. The van der Waals surface area contributed by atoms with E-state index < -0.39 is 15.7 Å². The first-order chi connectivity index (χ1) is 16.7. The van der Waals surface area contributed by atoms with E-state index in [1.54, 1.807) is 48.5 Å². The summed E-state index contributed by atoms with van der Waals surface area (Å²) < 4.78 is 36.3. The van der Waals surface area contributed by atoms with Crippen LogP contribution in [0.15, 0.2) is 86.9 Å². The lowest BCUT2D eigenvalue weighted by Gasteiger charge is -2.13. The largest absolute Gasteiger partial charge is 0.422 e. The highest BCUT2D eigenvalue weighted by Crippen LogP contribution is 2.29. The van der Waals surface area contributed by atoms with E-state index >= 15 is 0 Å². The van der Waals surface area contributed by atoms with Gasteiger partial charge >= 0.3 is 15.7 Å². The predicted molar refractivity (Wildman–Crippen MR) is 134 cm³/mol. The Kier molecular flexibility index (Phi) is 5.37. The lowest BCUT2D eigenvalue weighted by Crippen LogP contribution is -2.12. The van der Waals surface area contributed by atoms with Gasteiger partial charge in [-0.1, -0.05) is 24.3 Å². The standard InChI is InChI=1S/C25H20N4O5S/c1-29(2)16-10-12-18(13-11-16)35(31,32)34-17-7-5-6-15(14-17)24-27-22-19-8-3-4-9-20(19)33-25(30)21(22)23(26)28-24/h3-14H,1-2H3,(H2,26,27,28). The van der Waals surface area contributed by atoms with Crippen molar-refractivity contribution in [3.63, 3.8) is 0 Å². The normalized spacial score (nSPS) is 11.6. The summed E-state index contributed by atoms with van der Waals surface area (Å²) >= 11 is 0. The second-order valence-corrected chi connectivity index (χ2v) is 9.54. The Balaban J connectivity index is 1.55. The van der Waals surface area contributed by atoms with Crippen molar-refractivity contribution in [2.45, 2.75) is 4.90 Å². The van der Waals surface area contributed by atoms with Crippen LogP contribution in [0.25, 0.3) is 33.3 Å². The molecule has 0 saturated carbocycles. The molecular weight excluding hydrogens is 468 g/mol. The lowest BCUT2D eigenvalue weighted by atomic mass is 10.1. The first-order valence-electron chi connectivity index (χ1n) is 10.5. The SMILES string of the molecule is CN(C)c1ccc(S(=O)(=O)Oc2cccc(-c3nc(N)c4c(=O)oc5ccccc5c4n3)c2)cc1. The van der Waals surface area contributed by atoms with Crippen molar-refractivity contribution in [3.8, 4) is 17.1 Å². The molecule has 0 saturated heterocycles. The number of rotatable bonds is 5. The molecule has 0 bridgehead atoms. The number of nitrogens with two attached hydrogens (primary N) is 1. The molecule has 2 heterocycles. The van der Waals surface area contributed by atoms with E-state index in [1.165, 1.54) is 24.3 Å². The number of fused-ring (bicyclic) bond motifs is 3. The van der Waals surface area contributed by atoms with E-state index in [2.05, 4.69) is 9.97 Å². The molecule has 0 unspecified atom stereocenters. The van der Waals surface area contributed by atoms with Crippen molar-refractivity contribution in [2.75, 3.05) is 24.7 Å². The van der Waals surface area contributed by atoms with Crippen molar-refractivity contribution >= 4 is 43.5 Å². The minimum absolute atomic E-state index is 0.0258. The molecular formula is C25H20N4O5S. The number of nitrogen functional groups attached to an aromatic ring is 1. The van der Waals surface area contributed by atoms with Crippen LogP contribution in [0.5, 0.6) is 5.75 Å². The van der Waals surface area contributed by atoms with Crippen molar-refractivity contribution < 1.29 is 17.0 Å². The fraction of sp³-hybridized carbons (Fsp3) is 0.0800. The van der Waals surface area contributed by atoms with Gasteiger partial charge in [0.1, 0.15) is 27.4 Å². The predicted octanol–water partition coefficient (Wildman–Crippen LogP) is 3.82. The lowest BCUT2D eigenvalue weighted by molar-refractivity contribution is 0.486. The van der Waals surface area contributed by atoms with E-state index in [0.717, 1.165) is 5.69 Å². The van der Waals surface area contributed by atoms with Crippen molar-refractivity contribution in [2.24, 2.45) is 0 Å². The number of aromatic nitrogens is 2. The third-order valence-corrected chi connectivity index (χ3v) is 6.69. The van der Waals surface area contributed by atoms with Gasteiger partial charge in [-0.15, -0.1) is 0 Å². The molecule has 35 heavy (non-hydrogen) atoms. The van der Waals surface area contributed by atoms with Gasteiger partial charge in [0.2, 0.25) is 0 Å². The van der Waals surface area contributed by atoms with Crippen LogP contribution in [0, 0.1) is 0 Å². The Morgan fingerprint density at radius 2 is 1.69 bits per heavy atom. The molecule has 5 rings (SSSR count). The summed E-state index contributed by atoms with van der Waals surface area (Å²) in [6.07, 6.45) is 0. The molecule has 0 aliphatic carbocycles. The van der Waals surface area contributed by atoms with Crippen molar-refractivity contribution in [1.82, 2.24) is 9.97 Å². The zero-order valence-corrected chi connectivity index (χ0v) is 19.6. The first-order valence-corrected chi connectivity index (χ1v) is 12.0. The third kappa shape index (κ3) is 4.15. The zero-order chi connectivity index (χ0) is 24.7. The Morgan fingerprint density at radius 3 is 2.43 bits per heavy atom. The summed E-state index contributed by atoms with van der Waals surface area (Å²) in [7, 11) is -0.342. The Morgan fingerprint density at radius 1 is 0.943 bits per heavy atom.